The molecule has 1 N–H and O–H groups in total. The molecule has 2 aromatic heterocycles. The lowest BCUT2D eigenvalue weighted by Gasteiger charge is -2.07. The molecule has 8 nitrogen and oxygen atoms in total. The summed E-state index contributed by atoms with van der Waals surface area (Å²) in [4.78, 5) is 15.9. The Hall–Kier alpha value is -2.38. The summed E-state index contributed by atoms with van der Waals surface area (Å²) in [7, 11) is 0. The van der Waals surface area contributed by atoms with Crippen LogP contribution >= 0.6 is 23.1 Å². The first-order chi connectivity index (χ1) is 13.6. The molecule has 2 aromatic rings. The van der Waals surface area contributed by atoms with Crippen LogP contribution in [0.25, 0.3) is 5.57 Å². The highest BCUT2D eigenvalue weighted by atomic mass is 32.2. The standard InChI is InChI=1S/C18H21N5O3S2/c1-2-26-16(25)8-12-10-27-18(20-12)28-11-14(24)13(9-19)17-22-21-15-6-4-3-5-7-23(15)17/h10,24H,2-8,11H2,1H3/b14-13-. The molecule has 0 aliphatic carbocycles. The summed E-state index contributed by atoms with van der Waals surface area (Å²) in [5, 5.41) is 30.2. The Kier molecular flexibility index (Phi) is 7.06. The second kappa shape index (κ2) is 9.71. The van der Waals surface area contributed by atoms with Gasteiger partial charge in [-0.05, 0) is 19.8 Å². The van der Waals surface area contributed by atoms with Crippen LogP contribution in [0.1, 0.15) is 43.5 Å². The van der Waals surface area contributed by atoms with Gasteiger partial charge in [0.2, 0.25) is 0 Å². The average Bonchev–Trinajstić information content (AvgIpc) is 3.21. The molecule has 28 heavy (non-hydrogen) atoms. The molecule has 1 aliphatic heterocycles. The Morgan fingerprint density at radius 1 is 1.43 bits per heavy atom. The van der Waals surface area contributed by atoms with Crippen LogP contribution in [0.2, 0.25) is 0 Å². The number of hydrogen-bond donors (Lipinski definition) is 1. The minimum atomic E-state index is -0.314. The number of aryl methyl sites for hydroxylation is 1. The lowest BCUT2D eigenvalue weighted by Crippen LogP contribution is -2.07. The number of allylic oxidation sites excluding steroid dienone is 1. The van der Waals surface area contributed by atoms with Gasteiger partial charge in [-0.1, -0.05) is 18.2 Å². The molecule has 1 aliphatic rings. The Morgan fingerprint density at radius 2 is 2.29 bits per heavy atom. The Balaban J connectivity index is 1.69. The molecule has 0 bridgehead atoms. The van der Waals surface area contributed by atoms with Crippen LogP contribution < -0.4 is 0 Å². The van der Waals surface area contributed by atoms with Gasteiger partial charge < -0.3 is 14.4 Å². The summed E-state index contributed by atoms with van der Waals surface area (Å²) in [6.45, 7) is 2.86. The van der Waals surface area contributed by atoms with E-state index in [-0.39, 0.29) is 29.5 Å². The van der Waals surface area contributed by atoms with Crippen LogP contribution in [0.4, 0.5) is 0 Å². The van der Waals surface area contributed by atoms with Crippen molar-refractivity contribution in [2.45, 2.75) is 49.9 Å². The molecule has 0 unspecified atom stereocenters. The van der Waals surface area contributed by atoms with Crippen LogP contribution in [-0.4, -0.2) is 43.2 Å². The van der Waals surface area contributed by atoms with Crippen LogP contribution in [0.5, 0.6) is 0 Å². The number of carbonyl (C=O) groups is 1. The first-order valence-corrected chi connectivity index (χ1v) is 11.0. The number of esters is 1. The van der Waals surface area contributed by atoms with E-state index in [1.54, 1.807) is 12.3 Å². The quantitative estimate of drug-likeness (QED) is 0.315. The average molecular weight is 420 g/mol. The van der Waals surface area contributed by atoms with Gasteiger partial charge in [0.25, 0.3) is 0 Å². The molecule has 0 radical (unpaired) electrons. The lowest BCUT2D eigenvalue weighted by atomic mass is 10.2. The lowest BCUT2D eigenvalue weighted by molar-refractivity contribution is -0.142. The van der Waals surface area contributed by atoms with Crippen molar-refractivity contribution in [1.29, 1.82) is 5.26 Å². The van der Waals surface area contributed by atoms with E-state index in [4.69, 9.17) is 4.74 Å². The number of nitriles is 1. The Bertz CT molecular complexity index is 913. The Morgan fingerprint density at radius 3 is 3.07 bits per heavy atom. The summed E-state index contributed by atoms with van der Waals surface area (Å²) in [5.41, 5.74) is 0.786. The maximum Gasteiger partial charge on any atom is 0.311 e. The van der Waals surface area contributed by atoms with E-state index in [1.807, 2.05) is 4.57 Å². The van der Waals surface area contributed by atoms with Crippen LogP contribution in [-0.2, 0) is 28.9 Å². The maximum atomic E-state index is 11.5. The molecule has 0 spiro atoms. The molecule has 0 saturated heterocycles. The second-order valence-electron chi connectivity index (χ2n) is 6.21. The van der Waals surface area contributed by atoms with Gasteiger partial charge in [0.05, 0.1) is 24.5 Å². The zero-order valence-electron chi connectivity index (χ0n) is 15.6. The number of hydrogen-bond acceptors (Lipinski definition) is 9. The van der Waals surface area contributed by atoms with Crippen molar-refractivity contribution in [1.82, 2.24) is 19.7 Å². The molecule has 0 saturated carbocycles. The normalized spacial score (nSPS) is 14.6. The zero-order chi connectivity index (χ0) is 19.9. The van der Waals surface area contributed by atoms with Crippen molar-refractivity contribution < 1.29 is 14.6 Å². The van der Waals surface area contributed by atoms with Gasteiger partial charge in [0, 0.05) is 18.3 Å². The van der Waals surface area contributed by atoms with Gasteiger partial charge in [-0.2, -0.15) is 5.26 Å². The van der Waals surface area contributed by atoms with Crippen molar-refractivity contribution in [2.75, 3.05) is 12.4 Å². The van der Waals surface area contributed by atoms with Crippen LogP contribution in [0, 0.1) is 11.3 Å². The van der Waals surface area contributed by atoms with Crippen LogP contribution in [0.3, 0.4) is 0 Å². The highest BCUT2D eigenvalue weighted by Gasteiger charge is 2.21. The van der Waals surface area contributed by atoms with E-state index in [0.29, 0.717) is 22.5 Å². The van der Waals surface area contributed by atoms with Crippen molar-refractivity contribution in [3.05, 3.63) is 28.5 Å². The van der Waals surface area contributed by atoms with Crippen LogP contribution in [0.15, 0.2) is 15.5 Å². The molecule has 3 rings (SSSR count). The highest BCUT2D eigenvalue weighted by Crippen LogP contribution is 2.27. The summed E-state index contributed by atoms with van der Waals surface area (Å²) >= 11 is 2.70. The highest BCUT2D eigenvalue weighted by molar-refractivity contribution is 8.01. The smallest absolute Gasteiger partial charge is 0.311 e. The number of nitrogens with zero attached hydrogens (tertiary/aromatic N) is 5. The van der Waals surface area contributed by atoms with E-state index in [1.165, 1.54) is 23.1 Å². The predicted octanol–water partition coefficient (Wildman–Crippen LogP) is 3.15. The molecular formula is C18H21N5O3S2. The van der Waals surface area contributed by atoms with Crippen molar-refractivity contribution in [3.8, 4) is 6.07 Å². The monoisotopic (exact) mass is 419 g/mol. The van der Waals surface area contributed by atoms with E-state index in [0.717, 1.165) is 38.1 Å². The van der Waals surface area contributed by atoms with E-state index in [2.05, 4.69) is 21.3 Å². The molecule has 10 heteroatoms. The van der Waals surface area contributed by atoms with E-state index in [9.17, 15) is 15.2 Å². The first-order valence-electron chi connectivity index (χ1n) is 9.09. The molecule has 0 amide bonds. The third-order valence-electron chi connectivity index (χ3n) is 4.23. The van der Waals surface area contributed by atoms with Gasteiger partial charge >= 0.3 is 5.97 Å². The number of ether oxygens (including phenoxy) is 1. The topological polar surface area (TPSA) is 114 Å². The number of aliphatic hydroxyl groups is 1. The summed E-state index contributed by atoms with van der Waals surface area (Å²) in [6.07, 6.45) is 4.15. The summed E-state index contributed by atoms with van der Waals surface area (Å²) in [5.74, 6) is 1.13. The predicted molar refractivity (Wildman–Crippen MR) is 106 cm³/mol. The molecule has 148 valence electrons. The number of thioether (sulfide) groups is 1. The first kappa shape index (κ1) is 20.4. The second-order valence-corrected chi connectivity index (χ2v) is 8.29. The fraction of sp³-hybridized carbons (Fsp3) is 0.500. The van der Waals surface area contributed by atoms with Gasteiger partial charge in [-0.25, -0.2) is 4.98 Å². The number of carbonyl (C=O) groups excluding carboxylic acids is 1. The van der Waals surface area contributed by atoms with Gasteiger partial charge in [0.15, 0.2) is 10.2 Å². The largest absolute Gasteiger partial charge is 0.510 e. The van der Waals surface area contributed by atoms with Crippen molar-refractivity contribution >= 4 is 34.6 Å². The van der Waals surface area contributed by atoms with E-state index < -0.39 is 0 Å². The third-order valence-corrected chi connectivity index (χ3v) is 6.31. The van der Waals surface area contributed by atoms with Gasteiger partial charge in [-0.15, -0.1) is 21.5 Å². The molecule has 3 heterocycles. The molecular weight excluding hydrogens is 398 g/mol. The summed E-state index contributed by atoms with van der Waals surface area (Å²) in [6, 6.07) is 2.07. The maximum absolute atomic E-state index is 11.5. The van der Waals surface area contributed by atoms with E-state index >= 15 is 0 Å². The zero-order valence-corrected chi connectivity index (χ0v) is 17.2. The SMILES string of the molecule is CCOC(=O)Cc1csc(SC/C(O)=C(\C#N)c2nnc3n2CCCCC3)n1. The van der Waals surface area contributed by atoms with Crippen molar-refractivity contribution in [3.63, 3.8) is 0 Å². The molecule has 0 atom stereocenters. The van der Waals surface area contributed by atoms with Crippen molar-refractivity contribution in [2.24, 2.45) is 0 Å². The third kappa shape index (κ3) is 4.91. The number of fused-ring (bicyclic) bond motifs is 1. The number of thiazole rings is 1. The minimum absolute atomic E-state index is 0.0471. The fourth-order valence-corrected chi connectivity index (χ4v) is 4.63. The number of aliphatic hydroxyl groups excluding tert-OH is 1. The number of aromatic nitrogens is 4. The molecule has 0 aromatic carbocycles. The fourth-order valence-electron chi connectivity index (χ4n) is 2.91. The number of rotatable bonds is 7. The van der Waals surface area contributed by atoms with Gasteiger partial charge in [0.1, 0.15) is 23.2 Å². The minimum Gasteiger partial charge on any atom is -0.510 e. The Labute approximate surface area is 171 Å². The summed E-state index contributed by atoms with van der Waals surface area (Å²) < 4.78 is 7.56. The van der Waals surface area contributed by atoms with Gasteiger partial charge in [-0.3, -0.25) is 4.79 Å². The molecule has 0 fully saturated rings.